The Balaban J connectivity index is 1.27. The molecular formula is C26H33N5O3S. The minimum Gasteiger partial charge on any atom is -0.339 e. The van der Waals surface area contributed by atoms with E-state index in [9.17, 15) is 13.2 Å². The number of likely N-dealkylation sites (tertiary alicyclic amines) is 1. The van der Waals surface area contributed by atoms with E-state index in [0.717, 1.165) is 48.4 Å². The Bertz CT molecular complexity index is 1340. The van der Waals surface area contributed by atoms with Gasteiger partial charge in [-0.3, -0.25) is 9.69 Å². The van der Waals surface area contributed by atoms with Gasteiger partial charge < -0.3 is 9.47 Å². The fraction of sp³-hybridized carbons (Fsp3) is 0.462. The lowest BCUT2D eigenvalue weighted by molar-refractivity contribution is 0.0793. The van der Waals surface area contributed by atoms with Crippen LogP contribution < -0.4 is 0 Å². The van der Waals surface area contributed by atoms with Crippen LogP contribution in [0.1, 0.15) is 41.5 Å². The zero-order chi connectivity index (χ0) is 24.6. The number of aromatic nitrogens is 2. The van der Waals surface area contributed by atoms with E-state index in [2.05, 4.69) is 9.47 Å². The highest BCUT2D eigenvalue weighted by Crippen LogP contribution is 2.24. The summed E-state index contributed by atoms with van der Waals surface area (Å²) in [6, 6.07) is 13.0. The van der Waals surface area contributed by atoms with Gasteiger partial charge in [-0.1, -0.05) is 25.1 Å². The summed E-state index contributed by atoms with van der Waals surface area (Å²) in [6.45, 7) is 6.49. The summed E-state index contributed by atoms with van der Waals surface area (Å²) in [5, 5.41) is 0. The van der Waals surface area contributed by atoms with Crippen molar-refractivity contribution in [3.63, 3.8) is 0 Å². The predicted octanol–water partition coefficient (Wildman–Crippen LogP) is 2.88. The largest absolute Gasteiger partial charge is 0.339 e. The molecule has 2 aliphatic heterocycles. The molecular weight excluding hydrogens is 462 g/mol. The number of nitrogens with zero attached hydrogens (tertiary/aromatic N) is 5. The van der Waals surface area contributed by atoms with Crippen LogP contribution >= 0.6 is 0 Å². The number of imidazole rings is 1. The molecule has 1 aromatic heterocycles. The molecule has 1 amide bonds. The second kappa shape index (κ2) is 9.72. The van der Waals surface area contributed by atoms with Gasteiger partial charge >= 0.3 is 0 Å². The van der Waals surface area contributed by atoms with Crippen LogP contribution in [0.2, 0.25) is 0 Å². The van der Waals surface area contributed by atoms with E-state index in [-0.39, 0.29) is 5.91 Å². The quantitative estimate of drug-likeness (QED) is 0.526. The van der Waals surface area contributed by atoms with E-state index in [1.54, 1.807) is 16.4 Å². The summed E-state index contributed by atoms with van der Waals surface area (Å²) in [4.78, 5) is 22.2. The smallest absolute Gasteiger partial charge is 0.253 e. The topological polar surface area (TPSA) is 78.8 Å². The van der Waals surface area contributed by atoms with E-state index in [1.165, 1.54) is 0 Å². The van der Waals surface area contributed by atoms with Crippen molar-refractivity contribution in [2.24, 2.45) is 7.05 Å². The maximum Gasteiger partial charge on any atom is 0.253 e. The second-order valence-corrected chi connectivity index (χ2v) is 11.3. The Hall–Kier alpha value is -2.75. The van der Waals surface area contributed by atoms with Crippen LogP contribution in [0, 0.1) is 0 Å². The minimum absolute atomic E-state index is 0.0820. The lowest BCUT2D eigenvalue weighted by Gasteiger charge is -2.34. The molecule has 3 heterocycles. The van der Waals surface area contributed by atoms with Crippen molar-refractivity contribution in [3.8, 4) is 0 Å². The summed E-state index contributed by atoms with van der Waals surface area (Å²) in [6.07, 6.45) is 2.83. The number of hydrogen-bond donors (Lipinski definition) is 0. The van der Waals surface area contributed by atoms with Crippen molar-refractivity contribution < 1.29 is 13.2 Å². The van der Waals surface area contributed by atoms with E-state index >= 15 is 0 Å². The van der Waals surface area contributed by atoms with Crippen LogP contribution in [0.5, 0.6) is 0 Å². The van der Waals surface area contributed by atoms with E-state index in [0.29, 0.717) is 49.6 Å². The Morgan fingerprint density at radius 2 is 1.69 bits per heavy atom. The molecule has 2 saturated heterocycles. The Morgan fingerprint density at radius 1 is 0.971 bits per heavy atom. The van der Waals surface area contributed by atoms with Gasteiger partial charge in [-0.2, -0.15) is 4.31 Å². The highest BCUT2D eigenvalue weighted by atomic mass is 32.2. The lowest BCUT2D eigenvalue weighted by Crippen LogP contribution is -2.48. The highest BCUT2D eigenvalue weighted by molar-refractivity contribution is 7.89. The first-order valence-corrected chi connectivity index (χ1v) is 13.9. The second-order valence-electron chi connectivity index (χ2n) is 9.43. The van der Waals surface area contributed by atoms with Crippen molar-refractivity contribution in [1.29, 1.82) is 0 Å². The number of sulfonamides is 1. The third-order valence-electron chi connectivity index (χ3n) is 7.28. The first kappa shape index (κ1) is 24.0. The fourth-order valence-corrected chi connectivity index (χ4v) is 6.86. The van der Waals surface area contributed by atoms with Crippen LogP contribution in [0.4, 0.5) is 0 Å². The van der Waals surface area contributed by atoms with Gasteiger partial charge in [0.05, 0.1) is 22.5 Å². The number of aryl methyl sites for hydroxylation is 2. The Morgan fingerprint density at radius 3 is 2.40 bits per heavy atom. The molecule has 0 bridgehead atoms. The number of hydrogen-bond acceptors (Lipinski definition) is 5. The van der Waals surface area contributed by atoms with Crippen molar-refractivity contribution in [2.75, 3.05) is 39.3 Å². The maximum absolute atomic E-state index is 13.2. The Kier molecular flexibility index (Phi) is 6.65. The number of amides is 1. The summed E-state index contributed by atoms with van der Waals surface area (Å²) in [5.74, 6) is 0.997. The van der Waals surface area contributed by atoms with Crippen LogP contribution in [0.25, 0.3) is 11.0 Å². The molecule has 2 fully saturated rings. The molecule has 8 nitrogen and oxygen atoms in total. The van der Waals surface area contributed by atoms with E-state index in [1.807, 2.05) is 49.2 Å². The lowest BCUT2D eigenvalue weighted by atomic mass is 10.2. The standard InChI is InChI=1S/C26H33N5O3S/c1-3-20-8-4-5-9-24(20)35(33,34)31-16-14-29(15-17-31)19-25-27-22-18-21(10-11-23(22)28(25)2)26(32)30-12-6-7-13-30/h4-5,8-11,18H,3,6-7,12-17,19H2,1-2H3. The van der Waals surface area contributed by atoms with Crippen LogP contribution in [0.3, 0.4) is 0 Å². The average Bonchev–Trinajstić information content (AvgIpc) is 3.52. The van der Waals surface area contributed by atoms with Crippen molar-refractivity contribution in [3.05, 3.63) is 59.4 Å². The summed E-state index contributed by atoms with van der Waals surface area (Å²) >= 11 is 0. The van der Waals surface area contributed by atoms with Crippen LogP contribution in [-0.2, 0) is 30.0 Å². The number of rotatable bonds is 6. The highest BCUT2D eigenvalue weighted by Gasteiger charge is 2.30. The van der Waals surface area contributed by atoms with Crippen molar-refractivity contribution in [2.45, 2.75) is 37.6 Å². The van der Waals surface area contributed by atoms with Gasteiger partial charge in [0.25, 0.3) is 5.91 Å². The van der Waals surface area contributed by atoms with Crippen LogP contribution in [0.15, 0.2) is 47.4 Å². The van der Waals surface area contributed by atoms with Gasteiger partial charge in [-0.15, -0.1) is 0 Å². The molecule has 0 N–H and O–H groups in total. The van der Waals surface area contributed by atoms with Gasteiger partial charge in [0, 0.05) is 51.9 Å². The number of fused-ring (bicyclic) bond motifs is 1. The molecule has 5 rings (SSSR count). The molecule has 186 valence electrons. The summed E-state index contributed by atoms with van der Waals surface area (Å²) < 4.78 is 30.2. The van der Waals surface area contributed by atoms with Crippen molar-refractivity contribution in [1.82, 2.24) is 23.7 Å². The number of carbonyl (C=O) groups excluding carboxylic acids is 1. The van der Waals surface area contributed by atoms with E-state index < -0.39 is 10.0 Å². The molecule has 3 aromatic rings. The minimum atomic E-state index is -3.50. The number of carbonyl (C=O) groups is 1. The van der Waals surface area contributed by atoms with Gasteiger partial charge in [0.15, 0.2) is 0 Å². The zero-order valence-electron chi connectivity index (χ0n) is 20.5. The normalized spacial score (nSPS) is 17.9. The van der Waals surface area contributed by atoms with Gasteiger partial charge in [0.1, 0.15) is 5.82 Å². The molecule has 2 aromatic carbocycles. The third-order valence-corrected chi connectivity index (χ3v) is 9.28. The summed E-state index contributed by atoms with van der Waals surface area (Å²) in [7, 11) is -1.50. The first-order chi connectivity index (χ1) is 16.9. The monoisotopic (exact) mass is 495 g/mol. The third kappa shape index (κ3) is 4.60. The van der Waals surface area contributed by atoms with Crippen molar-refractivity contribution >= 4 is 27.0 Å². The van der Waals surface area contributed by atoms with Gasteiger partial charge in [0.2, 0.25) is 10.0 Å². The molecule has 9 heteroatoms. The van der Waals surface area contributed by atoms with E-state index in [4.69, 9.17) is 4.98 Å². The number of benzene rings is 2. The predicted molar refractivity (Wildman–Crippen MR) is 136 cm³/mol. The SMILES string of the molecule is CCc1ccccc1S(=O)(=O)N1CCN(Cc2nc3cc(C(=O)N4CCCC4)ccc3n2C)CC1. The summed E-state index contributed by atoms with van der Waals surface area (Å²) in [5.41, 5.74) is 3.37. The average molecular weight is 496 g/mol. The van der Waals surface area contributed by atoms with Gasteiger partial charge in [-0.25, -0.2) is 13.4 Å². The molecule has 0 unspecified atom stereocenters. The molecule has 2 aliphatic rings. The molecule has 0 spiro atoms. The maximum atomic E-state index is 13.2. The number of piperazine rings is 1. The molecule has 0 aliphatic carbocycles. The molecule has 0 atom stereocenters. The molecule has 35 heavy (non-hydrogen) atoms. The van der Waals surface area contributed by atoms with Gasteiger partial charge in [-0.05, 0) is 49.1 Å². The molecule has 0 radical (unpaired) electrons. The zero-order valence-corrected chi connectivity index (χ0v) is 21.3. The first-order valence-electron chi connectivity index (χ1n) is 12.4. The van der Waals surface area contributed by atoms with Crippen LogP contribution in [-0.4, -0.2) is 77.2 Å². The Labute approximate surface area is 207 Å². The molecule has 0 saturated carbocycles. The fourth-order valence-electron chi connectivity index (χ4n) is 5.14.